The summed E-state index contributed by atoms with van der Waals surface area (Å²) in [4.78, 5) is 30.0. The molecule has 0 spiro atoms. The highest BCUT2D eigenvalue weighted by Gasteiger charge is 2.18. The van der Waals surface area contributed by atoms with Crippen molar-refractivity contribution in [2.75, 3.05) is 10.5 Å². The topological polar surface area (TPSA) is 117 Å². The zero-order valence-corrected chi connectivity index (χ0v) is 22.2. The molecule has 8 nitrogen and oxygen atoms in total. The van der Waals surface area contributed by atoms with Gasteiger partial charge in [0.15, 0.2) is 0 Å². The first-order valence-electron chi connectivity index (χ1n) is 10.7. The number of hydrazine groups is 1. The SMILES string of the molecule is Cc1ccc(Br)c(NS(=O)(=O)c2cccc(C(=O)NNC(=O)CSc3cccc4cccnc34)c2)c1. The third kappa shape index (κ3) is 6.23. The van der Waals surface area contributed by atoms with Crippen molar-refractivity contribution >= 4 is 66.1 Å². The lowest BCUT2D eigenvalue weighted by Crippen LogP contribution is -2.42. The summed E-state index contributed by atoms with van der Waals surface area (Å²) < 4.78 is 28.9. The molecule has 1 heterocycles. The minimum Gasteiger partial charge on any atom is -0.278 e. The number of nitrogens with one attached hydrogen (secondary N) is 3. The van der Waals surface area contributed by atoms with Crippen LogP contribution in [0.15, 0.2) is 93.3 Å². The first kappa shape index (κ1) is 25.7. The van der Waals surface area contributed by atoms with Gasteiger partial charge in [-0.1, -0.05) is 30.3 Å². The number of nitrogens with zero attached hydrogens (tertiary/aromatic N) is 1. The number of benzene rings is 3. The van der Waals surface area contributed by atoms with Gasteiger partial charge < -0.3 is 0 Å². The molecule has 2 amide bonds. The van der Waals surface area contributed by atoms with E-state index in [9.17, 15) is 18.0 Å². The van der Waals surface area contributed by atoms with Crippen molar-refractivity contribution in [1.82, 2.24) is 15.8 Å². The summed E-state index contributed by atoms with van der Waals surface area (Å²) in [6.07, 6.45) is 1.69. The summed E-state index contributed by atoms with van der Waals surface area (Å²) in [6.45, 7) is 1.85. The van der Waals surface area contributed by atoms with Crippen molar-refractivity contribution in [3.05, 3.63) is 94.6 Å². The molecule has 184 valence electrons. The van der Waals surface area contributed by atoms with Crippen molar-refractivity contribution in [3.8, 4) is 0 Å². The summed E-state index contributed by atoms with van der Waals surface area (Å²) in [5.41, 5.74) is 6.83. The third-order valence-electron chi connectivity index (χ3n) is 5.04. The molecule has 36 heavy (non-hydrogen) atoms. The van der Waals surface area contributed by atoms with Crippen molar-refractivity contribution in [2.24, 2.45) is 0 Å². The summed E-state index contributed by atoms with van der Waals surface area (Å²) in [6, 6.07) is 20.3. The minimum absolute atomic E-state index is 0.0552. The number of carbonyl (C=O) groups is 2. The summed E-state index contributed by atoms with van der Waals surface area (Å²) >= 11 is 4.63. The highest BCUT2D eigenvalue weighted by Crippen LogP contribution is 2.27. The molecular formula is C25H21BrN4O4S2. The number of hydrogen-bond acceptors (Lipinski definition) is 6. The van der Waals surface area contributed by atoms with Crippen molar-refractivity contribution < 1.29 is 18.0 Å². The maximum Gasteiger partial charge on any atom is 0.269 e. The van der Waals surface area contributed by atoms with Crippen molar-refractivity contribution in [3.63, 3.8) is 0 Å². The van der Waals surface area contributed by atoms with Gasteiger partial charge >= 0.3 is 0 Å². The largest absolute Gasteiger partial charge is 0.278 e. The van der Waals surface area contributed by atoms with E-state index in [1.54, 1.807) is 18.3 Å². The number of para-hydroxylation sites is 1. The van der Waals surface area contributed by atoms with Crippen LogP contribution < -0.4 is 15.6 Å². The minimum atomic E-state index is -3.95. The molecule has 4 rings (SSSR count). The molecule has 4 aromatic rings. The van der Waals surface area contributed by atoms with E-state index >= 15 is 0 Å². The van der Waals surface area contributed by atoms with E-state index in [0.29, 0.717) is 10.2 Å². The third-order valence-corrected chi connectivity index (χ3v) is 8.14. The Labute approximate surface area is 221 Å². The number of thioether (sulfide) groups is 1. The second-order valence-corrected chi connectivity index (χ2v) is 11.3. The van der Waals surface area contributed by atoms with E-state index in [2.05, 4.69) is 36.5 Å². The molecule has 0 aliphatic carbocycles. The lowest BCUT2D eigenvalue weighted by molar-refractivity contribution is -0.119. The zero-order valence-electron chi connectivity index (χ0n) is 19.0. The molecule has 0 fully saturated rings. The molecule has 0 bridgehead atoms. The lowest BCUT2D eigenvalue weighted by Gasteiger charge is -2.12. The Morgan fingerprint density at radius 1 is 0.972 bits per heavy atom. The molecule has 0 saturated carbocycles. The van der Waals surface area contributed by atoms with E-state index in [1.807, 2.05) is 43.3 Å². The van der Waals surface area contributed by atoms with Crippen LogP contribution in [0.25, 0.3) is 10.9 Å². The summed E-state index contributed by atoms with van der Waals surface area (Å²) in [5.74, 6) is -1.01. The number of halogens is 1. The predicted octanol–water partition coefficient (Wildman–Crippen LogP) is 4.66. The molecule has 0 unspecified atom stereocenters. The Hall–Kier alpha value is -3.41. The number of carbonyl (C=O) groups excluding carboxylic acids is 2. The van der Waals surface area contributed by atoms with E-state index in [0.717, 1.165) is 21.4 Å². The fourth-order valence-electron chi connectivity index (χ4n) is 3.30. The molecule has 3 N–H and O–H groups in total. The van der Waals surface area contributed by atoms with Crippen LogP contribution >= 0.6 is 27.7 Å². The molecule has 0 saturated heterocycles. The van der Waals surface area contributed by atoms with Gasteiger partial charge in [0.05, 0.1) is 21.9 Å². The highest BCUT2D eigenvalue weighted by atomic mass is 79.9. The van der Waals surface area contributed by atoms with Crippen LogP contribution in [0.3, 0.4) is 0 Å². The van der Waals surface area contributed by atoms with Gasteiger partial charge in [0.25, 0.3) is 15.9 Å². The van der Waals surface area contributed by atoms with Crippen molar-refractivity contribution in [1.29, 1.82) is 0 Å². The zero-order chi connectivity index (χ0) is 25.7. The Morgan fingerprint density at radius 3 is 2.58 bits per heavy atom. The van der Waals surface area contributed by atoms with Crippen LogP contribution in [0, 0.1) is 6.92 Å². The summed E-state index contributed by atoms with van der Waals surface area (Å²) in [5, 5.41) is 0.968. The fourth-order valence-corrected chi connectivity index (χ4v) is 5.73. The predicted molar refractivity (Wildman–Crippen MR) is 144 cm³/mol. The Morgan fingerprint density at radius 2 is 1.75 bits per heavy atom. The number of hydrogen-bond donors (Lipinski definition) is 3. The molecule has 11 heteroatoms. The number of amides is 2. The second kappa shape index (κ2) is 11.1. The standard InChI is InChI=1S/C25H21BrN4O4S2/c1-16-10-11-20(26)21(13-16)30-36(33,34)19-8-2-6-18(14-19)25(32)29-28-23(31)15-35-22-9-3-5-17-7-4-12-27-24(17)22/h2-14,30H,15H2,1H3,(H,28,31)(H,29,32). The smallest absolute Gasteiger partial charge is 0.269 e. The number of fused-ring (bicyclic) bond motifs is 1. The van der Waals surface area contributed by atoms with Crippen LogP contribution in [-0.4, -0.2) is 31.0 Å². The fraction of sp³-hybridized carbons (Fsp3) is 0.0800. The van der Waals surface area contributed by atoms with Crippen LogP contribution in [0.4, 0.5) is 5.69 Å². The van der Waals surface area contributed by atoms with Gasteiger partial charge in [-0.2, -0.15) is 0 Å². The first-order valence-corrected chi connectivity index (χ1v) is 13.9. The van der Waals surface area contributed by atoms with E-state index in [4.69, 9.17) is 0 Å². The second-order valence-electron chi connectivity index (χ2n) is 7.74. The monoisotopic (exact) mass is 584 g/mol. The Bertz CT molecular complexity index is 1560. The summed E-state index contributed by atoms with van der Waals surface area (Å²) in [7, 11) is -3.95. The maximum absolute atomic E-state index is 12.9. The van der Waals surface area contributed by atoms with Crippen LogP contribution in [0.2, 0.25) is 0 Å². The van der Waals surface area contributed by atoms with Gasteiger partial charge in [-0.15, -0.1) is 11.8 Å². The van der Waals surface area contributed by atoms with E-state index in [-0.39, 0.29) is 16.2 Å². The first-order chi connectivity index (χ1) is 17.2. The van der Waals surface area contributed by atoms with Gasteiger partial charge in [0.1, 0.15) is 0 Å². The van der Waals surface area contributed by atoms with Crippen LogP contribution in [-0.2, 0) is 14.8 Å². The van der Waals surface area contributed by atoms with Gasteiger partial charge in [0.2, 0.25) is 5.91 Å². The average molecular weight is 586 g/mol. The Balaban J connectivity index is 1.37. The molecule has 0 aliphatic heterocycles. The quantitative estimate of drug-likeness (QED) is 0.215. The number of pyridine rings is 1. The highest BCUT2D eigenvalue weighted by molar-refractivity contribution is 9.10. The molecule has 3 aromatic carbocycles. The van der Waals surface area contributed by atoms with Gasteiger partial charge in [0, 0.05) is 26.5 Å². The maximum atomic E-state index is 12.9. The number of anilines is 1. The lowest BCUT2D eigenvalue weighted by atomic mass is 10.2. The molecule has 0 aliphatic rings. The van der Waals surface area contributed by atoms with Crippen LogP contribution in [0.5, 0.6) is 0 Å². The number of sulfonamides is 1. The molecule has 1 aromatic heterocycles. The molecular weight excluding hydrogens is 564 g/mol. The van der Waals surface area contributed by atoms with Gasteiger partial charge in [-0.3, -0.25) is 30.1 Å². The normalized spacial score (nSPS) is 11.2. The number of rotatable bonds is 7. The van der Waals surface area contributed by atoms with Gasteiger partial charge in [-0.05, 0) is 70.9 Å². The number of aryl methyl sites for hydroxylation is 1. The molecule has 0 radical (unpaired) electrons. The van der Waals surface area contributed by atoms with Crippen LogP contribution in [0.1, 0.15) is 15.9 Å². The van der Waals surface area contributed by atoms with E-state index in [1.165, 1.54) is 36.0 Å². The number of aromatic nitrogens is 1. The van der Waals surface area contributed by atoms with Crippen molar-refractivity contribution in [2.45, 2.75) is 16.7 Å². The Kier molecular flexibility index (Phi) is 7.92. The van der Waals surface area contributed by atoms with E-state index < -0.39 is 21.8 Å². The van der Waals surface area contributed by atoms with Gasteiger partial charge in [-0.25, -0.2) is 8.42 Å². The molecule has 0 atom stereocenters. The average Bonchev–Trinajstić information content (AvgIpc) is 2.88.